The van der Waals surface area contributed by atoms with E-state index in [-0.39, 0.29) is 24.3 Å². The van der Waals surface area contributed by atoms with E-state index >= 15 is 17.2 Å². The zero-order chi connectivity index (χ0) is 36.7. The fraction of sp³-hybridized carbons (Fsp3) is 0.455. The van der Waals surface area contributed by atoms with Crippen LogP contribution in [-0.2, 0) is 0 Å². The van der Waals surface area contributed by atoms with Crippen molar-refractivity contribution in [2.45, 2.75) is 59.2 Å². The summed E-state index contributed by atoms with van der Waals surface area (Å²) in [5.41, 5.74) is -8.13. The van der Waals surface area contributed by atoms with Gasteiger partial charge in [-0.05, 0) is 0 Å². The van der Waals surface area contributed by atoms with E-state index in [1.165, 1.54) is 0 Å². The molecule has 0 bridgehead atoms. The molecule has 0 aliphatic carbocycles. The summed E-state index contributed by atoms with van der Waals surface area (Å²) in [6.07, 6.45) is -8.11. The number of benzene rings is 2. The van der Waals surface area contributed by atoms with Crippen LogP contribution in [0.4, 0.5) is 101 Å². The maximum absolute atomic E-state index is 16.2. The molecular formula is C22H10F23P. The van der Waals surface area contributed by atoms with Gasteiger partial charge in [-0.3, -0.25) is 0 Å². The van der Waals surface area contributed by atoms with Crippen LogP contribution < -0.4 is 10.6 Å². The van der Waals surface area contributed by atoms with Crippen molar-refractivity contribution in [1.29, 1.82) is 0 Å². The summed E-state index contributed by atoms with van der Waals surface area (Å²) in [4.78, 5) is 0. The van der Waals surface area contributed by atoms with Crippen molar-refractivity contribution in [3.05, 3.63) is 60.7 Å². The van der Waals surface area contributed by atoms with Crippen LogP contribution in [-0.4, -0.2) is 59.2 Å². The minimum absolute atomic E-state index is 0.197. The quantitative estimate of drug-likeness (QED) is 0.159. The summed E-state index contributed by atoms with van der Waals surface area (Å²) in [5, 5.41) is -4.78. The first kappa shape index (κ1) is 39.4. The summed E-state index contributed by atoms with van der Waals surface area (Å²) >= 11 is 0. The molecule has 264 valence electrons. The number of alkyl halides is 21. The Morgan fingerprint density at radius 2 is 0.522 bits per heavy atom. The molecule has 0 saturated carbocycles. The number of rotatable bonds is 11. The standard InChI is InChI=1S/C22H10F23P/c23-13(24,15(27,28)17(31,32)19(35,36)21(39,40)41)14(25,26)16(29,30)18(33,34)20(37,38)22(42,43)46(44,45,11-7-3-1-4-8-11)12-9-5-2-6-10-12/h1-10H. The van der Waals surface area contributed by atoms with Crippen molar-refractivity contribution in [2.24, 2.45) is 0 Å². The molecule has 0 spiro atoms. The average molecular weight is 742 g/mol. The Hall–Kier alpha value is -2.74. The van der Waals surface area contributed by atoms with Crippen molar-refractivity contribution < 1.29 is 101 Å². The summed E-state index contributed by atoms with van der Waals surface area (Å²) < 4.78 is 322. The van der Waals surface area contributed by atoms with Gasteiger partial charge in [0.25, 0.3) is 0 Å². The molecule has 0 N–H and O–H groups in total. The molecule has 2 rings (SSSR count). The maximum atomic E-state index is 16.2. The number of halogens is 23. The van der Waals surface area contributed by atoms with Crippen molar-refractivity contribution in [1.82, 2.24) is 0 Å². The van der Waals surface area contributed by atoms with Crippen LogP contribution in [0, 0.1) is 0 Å². The van der Waals surface area contributed by atoms with Gasteiger partial charge in [-0.1, -0.05) is 0 Å². The third kappa shape index (κ3) is 4.47. The minimum atomic E-state index is -9.62. The second kappa shape index (κ2) is 10.4. The molecule has 2 aromatic carbocycles. The molecule has 0 aromatic heterocycles. The fourth-order valence-corrected chi connectivity index (χ4v) is 6.62. The molecular weight excluding hydrogens is 732 g/mol. The van der Waals surface area contributed by atoms with Gasteiger partial charge in [-0.2, -0.15) is 0 Å². The summed E-state index contributed by atoms with van der Waals surface area (Å²) in [7, 11) is -9.62. The topological polar surface area (TPSA) is 0 Å². The van der Waals surface area contributed by atoms with Crippen LogP contribution in [0.3, 0.4) is 0 Å². The zero-order valence-corrected chi connectivity index (χ0v) is 21.8. The molecule has 0 atom stereocenters. The second-order valence-electron chi connectivity index (χ2n) is 9.21. The molecule has 0 radical (unpaired) electrons. The number of hydrogen-bond donors (Lipinski definition) is 0. The first-order valence-electron chi connectivity index (χ1n) is 11.0. The van der Waals surface area contributed by atoms with Gasteiger partial charge in [0.1, 0.15) is 0 Å². The monoisotopic (exact) mass is 742 g/mol. The zero-order valence-electron chi connectivity index (χ0n) is 20.9. The van der Waals surface area contributed by atoms with Crippen LogP contribution in [0.25, 0.3) is 0 Å². The normalized spacial score (nSPS) is 16.6. The van der Waals surface area contributed by atoms with Crippen LogP contribution in [0.15, 0.2) is 60.7 Å². The Morgan fingerprint density at radius 1 is 0.304 bits per heavy atom. The Labute approximate surface area is 239 Å². The first-order valence-corrected chi connectivity index (χ1v) is 13.1. The van der Waals surface area contributed by atoms with E-state index in [0.29, 0.717) is 36.4 Å². The van der Waals surface area contributed by atoms with E-state index < -0.39 is 77.1 Å². The predicted molar refractivity (Wildman–Crippen MR) is 112 cm³/mol. The molecule has 0 unspecified atom stereocenters. The summed E-state index contributed by atoms with van der Waals surface area (Å²) in [5.74, 6) is -73.0. The molecule has 24 heteroatoms. The molecule has 0 nitrogen and oxygen atoms in total. The van der Waals surface area contributed by atoms with Gasteiger partial charge in [0.2, 0.25) is 0 Å². The van der Waals surface area contributed by atoms with Crippen LogP contribution >= 0.6 is 7.22 Å². The Kier molecular flexibility index (Phi) is 8.90. The Bertz CT molecular complexity index is 1350. The van der Waals surface area contributed by atoms with Crippen molar-refractivity contribution in [2.75, 3.05) is 0 Å². The van der Waals surface area contributed by atoms with Crippen molar-refractivity contribution >= 4 is 17.8 Å². The average Bonchev–Trinajstić information content (AvgIpc) is 2.92. The molecule has 46 heavy (non-hydrogen) atoms. The molecule has 0 aliphatic rings. The van der Waals surface area contributed by atoms with Gasteiger partial charge in [0.05, 0.1) is 0 Å². The molecule has 0 fully saturated rings. The van der Waals surface area contributed by atoms with Crippen LogP contribution in [0.5, 0.6) is 0 Å². The third-order valence-electron chi connectivity index (χ3n) is 6.41. The first-order chi connectivity index (χ1) is 20.0. The Morgan fingerprint density at radius 3 is 0.761 bits per heavy atom. The van der Waals surface area contributed by atoms with Crippen LogP contribution in [0.1, 0.15) is 0 Å². The van der Waals surface area contributed by atoms with Gasteiger partial charge in [0.15, 0.2) is 0 Å². The summed E-state index contributed by atoms with van der Waals surface area (Å²) in [6, 6.07) is 1.97. The van der Waals surface area contributed by atoms with E-state index in [1.807, 2.05) is 0 Å². The van der Waals surface area contributed by atoms with Crippen molar-refractivity contribution in [3.8, 4) is 0 Å². The van der Waals surface area contributed by atoms with Gasteiger partial charge < -0.3 is 0 Å². The second-order valence-corrected chi connectivity index (χ2v) is 12.6. The molecule has 2 aromatic rings. The summed E-state index contributed by atoms with van der Waals surface area (Å²) in [6.45, 7) is 0. The van der Waals surface area contributed by atoms with E-state index in [1.54, 1.807) is 0 Å². The molecule has 0 amide bonds. The SMILES string of the molecule is FC(F)(F)C(F)(F)C(F)(F)C(F)(F)C(F)(F)C(F)(F)C(F)(F)C(F)(F)C(F)(F)C(F)(F)P(F)(F)(c1ccccc1)c1ccccc1. The van der Waals surface area contributed by atoms with Gasteiger partial charge in [-0.15, -0.1) is 0 Å². The van der Waals surface area contributed by atoms with E-state index in [2.05, 4.69) is 0 Å². The molecule has 0 heterocycles. The molecule has 0 aliphatic heterocycles. The van der Waals surface area contributed by atoms with E-state index in [0.717, 1.165) is 0 Å². The van der Waals surface area contributed by atoms with E-state index in [4.69, 9.17) is 0 Å². The Balaban J connectivity index is 2.92. The number of hydrogen-bond acceptors (Lipinski definition) is 0. The van der Waals surface area contributed by atoms with Gasteiger partial charge >= 0.3 is 238 Å². The third-order valence-corrected chi connectivity index (χ3v) is 10.1. The molecule has 0 saturated heterocycles. The van der Waals surface area contributed by atoms with Gasteiger partial charge in [0, 0.05) is 0 Å². The van der Waals surface area contributed by atoms with E-state index in [9.17, 15) is 83.4 Å². The van der Waals surface area contributed by atoms with Gasteiger partial charge in [-0.25, -0.2) is 0 Å². The predicted octanol–water partition coefficient (Wildman–Crippen LogP) is 10.2. The fourth-order valence-electron chi connectivity index (χ4n) is 3.65. The van der Waals surface area contributed by atoms with Crippen LogP contribution in [0.2, 0.25) is 0 Å². The van der Waals surface area contributed by atoms with Crippen molar-refractivity contribution in [3.63, 3.8) is 0 Å².